The molecule has 0 bridgehead atoms. The molecule has 1 atom stereocenters. The maximum atomic E-state index is 11.8. The van der Waals surface area contributed by atoms with E-state index in [-0.39, 0.29) is 11.9 Å². The van der Waals surface area contributed by atoms with Gasteiger partial charge in [0.15, 0.2) is 6.10 Å². The Morgan fingerprint density at radius 2 is 2.10 bits per heavy atom. The predicted octanol–water partition coefficient (Wildman–Crippen LogP) is 2.23. The highest BCUT2D eigenvalue weighted by Gasteiger charge is 2.20. The minimum Gasteiger partial charge on any atom is -0.481 e. The van der Waals surface area contributed by atoms with E-state index in [0.29, 0.717) is 6.04 Å². The second kappa shape index (κ2) is 6.75. The molecule has 1 amide bonds. The maximum Gasteiger partial charge on any atom is 0.260 e. The highest BCUT2D eigenvalue weighted by Crippen LogP contribution is 2.20. The average Bonchev–Trinajstić information content (AvgIpc) is 3.20. The Labute approximate surface area is 120 Å². The minimum atomic E-state index is -0.482. The normalized spacial score (nSPS) is 16.0. The lowest BCUT2D eigenvalue weighted by atomic mass is 10.2. The summed E-state index contributed by atoms with van der Waals surface area (Å²) < 4.78 is 5.70. The molecule has 0 heterocycles. The van der Waals surface area contributed by atoms with E-state index in [9.17, 15) is 4.79 Å². The Balaban J connectivity index is 1.87. The van der Waals surface area contributed by atoms with Gasteiger partial charge in [0.25, 0.3) is 5.91 Å². The van der Waals surface area contributed by atoms with Crippen molar-refractivity contribution in [2.24, 2.45) is 0 Å². The number of hydrogen-bond acceptors (Lipinski definition) is 3. The van der Waals surface area contributed by atoms with Gasteiger partial charge < -0.3 is 15.4 Å². The van der Waals surface area contributed by atoms with Gasteiger partial charge in [-0.05, 0) is 51.3 Å². The van der Waals surface area contributed by atoms with Gasteiger partial charge in [0.2, 0.25) is 0 Å². The van der Waals surface area contributed by atoms with Gasteiger partial charge in [-0.25, -0.2) is 0 Å². The number of benzene rings is 1. The van der Waals surface area contributed by atoms with Crippen LogP contribution in [0.15, 0.2) is 24.3 Å². The fourth-order valence-corrected chi connectivity index (χ4v) is 1.94. The number of rotatable bonds is 7. The Hall–Kier alpha value is -1.55. The molecule has 1 saturated carbocycles. The molecule has 2 rings (SSSR count). The Morgan fingerprint density at radius 1 is 1.35 bits per heavy atom. The number of amides is 1. The van der Waals surface area contributed by atoms with Crippen molar-refractivity contribution >= 4 is 5.91 Å². The third kappa shape index (κ3) is 4.85. The van der Waals surface area contributed by atoms with Gasteiger partial charge >= 0.3 is 0 Å². The fourth-order valence-electron chi connectivity index (χ4n) is 1.94. The smallest absolute Gasteiger partial charge is 0.260 e. The highest BCUT2D eigenvalue weighted by atomic mass is 16.5. The molecule has 110 valence electrons. The number of carbonyl (C=O) groups is 1. The largest absolute Gasteiger partial charge is 0.481 e. The number of hydrogen-bond donors (Lipinski definition) is 2. The SMILES string of the molecule is CC(C)NC(=O)C(C)Oc1cccc(CNC2CC2)c1. The first-order valence-electron chi connectivity index (χ1n) is 7.34. The van der Waals surface area contributed by atoms with Crippen molar-refractivity contribution in [3.63, 3.8) is 0 Å². The van der Waals surface area contributed by atoms with Crippen LogP contribution in [0.25, 0.3) is 0 Å². The molecule has 0 aliphatic heterocycles. The Bertz CT molecular complexity index is 456. The van der Waals surface area contributed by atoms with Crippen molar-refractivity contribution in [1.29, 1.82) is 0 Å². The van der Waals surface area contributed by atoms with Crippen molar-refractivity contribution in [3.8, 4) is 5.75 Å². The van der Waals surface area contributed by atoms with E-state index in [1.54, 1.807) is 6.92 Å². The molecule has 2 N–H and O–H groups in total. The van der Waals surface area contributed by atoms with Crippen LogP contribution >= 0.6 is 0 Å². The summed E-state index contributed by atoms with van der Waals surface area (Å²) in [5, 5.41) is 6.32. The van der Waals surface area contributed by atoms with E-state index in [1.807, 2.05) is 32.0 Å². The zero-order chi connectivity index (χ0) is 14.5. The molecule has 4 nitrogen and oxygen atoms in total. The van der Waals surface area contributed by atoms with Crippen LogP contribution in [0.5, 0.6) is 5.75 Å². The molecule has 1 unspecified atom stereocenters. The van der Waals surface area contributed by atoms with Crippen molar-refractivity contribution in [2.45, 2.75) is 58.3 Å². The summed E-state index contributed by atoms with van der Waals surface area (Å²) in [5.41, 5.74) is 1.19. The highest BCUT2D eigenvalue weighted by molar-refractivity contribution is 5.80. The average molecular weight is 276 g/mol. The summed E-state index contributed by atoms with van der Waals surface area (Å²) in [6.45, 7) is 6.50. The second-order valence-electron chi connectivity index (χ2n) is 5.73. The molecule has 4 heteroatoms. The van der Waals surface area contributed by atoms with Crippen LogP contribution in [0.4, 0.5) is 0 Å². The summed E-state index contributed by atoms with van der Waals surface area (Å²) in [7, 11) is 0. The topological polar surface area (TPSA) is 50.4 Å². The molecule has 0 spiro atoms. The van der Waals surface area contributed by atoms with Gasteiger partial charge in [0.1, 0.15) is 5.75 Å². The van der Waals surface area contributed by atoms with Crippen LogP contribution in [0.3, 0.4) is 0 Å². The van der Waals surface area contributed by atoms with E-state index in [4.69, 9.17) is 4.74 Å². The van der Waals surface area contributed by atoms with Crippen LogP contribution in [0.2, 0.25) is 0 Å². The van der Waals surface area contributed by atoms with E-state index >= 15 is 0 Å². The molecule has 1 aromatic rings. The molecule has 1 aliphatic rings. The molecule has 0 aromatic heterocycles. The molecule has 0 radical (unpaired) electrons. The van der Waals surface area contributed by atoms with Gasteiger partial charge in [-0.2, -0.15) is 0 Å². The lowest BCUT2D eigenvalue weighted by Gasteiger charge is -2.17. The third-order valence-corrected chi connectivity index (χ3v) is 3.18. The summed E-state index contributed by atoms with van der Waals surface area (Å²) in [6, 6.07) is 8.74. The monoisotopic (exact) mass is 276 g/mol. The van der Waals surface area contributed by atoms with Crippen LogP contribution in [-0.2, 0) is 11.3 Å². The second-order valence-corrected chi connectivity index (χ2v) is 5.73. The molecular formula is C16H24N2O2. The summed E-state index contributed by atoms with van der Waals surface area (Å²) >= 11 is 0. The molecular weight excluding hydrogens is 252 g/mol. The third-order valence-electron chi connectivity index (χ3n) is 3.18. The van der Waals surface area contributed by atoms with Crippen LogP contribution < -0.4 is 15.4 Å². The van der Waals surface area contributed by atoms with Gasteiger partial charge in [-0.15, -0.1) is 0 Å². The molecule has 0 saturated heterocycles. The maximum absolute atomic E-state index is 11.8. The van der Waals surface area contributed by atoms with E-state index < -0.39 is 6.10 Å². The van der Waals surface area contributed by atoms with E-state index in [1.165, 1.54) is 18.4 Å². The molecule has 1 aromatic carbocycles. The number of carbonyl (C=O) groups excluding carboxylic acids is 1. The zero-order valence-corrected chi connectivity index (χ0v) is 12.5. The van der Waals surface area contributed by atoms with Crippen molar-refractivity contribution in [3.05, 3.63) is 29.8 Å². The molecule has 1 fully saturated rings. The van der Waals surface area contributed by atoms with Crippen LogP contribution in [0.1, 0.15) is 39.2 Å². The van der Waals surface area contributed by atoms with E-state index in [2.05, 4.69) is 16.7 Å². The lowest BCUT2D eigenvalue weighted by molar-refractivity contribution is -0.127. The van der Waals surface area contributed by atoms with Crippen molar-refractivity contribution in [2.75, 3.05) is 0 Å². The Kier molecular flexibility index (Phi) is 5.01. The van der Waals surface area contributed by atoms with Gasteiger partial charge in [0, 0.05) is 18.6 Å². The summed E-state index contributed by atoms with van der Waals surface area (Å²) in [4.78, 5) is 11.8. The summed E-state index contributed by atoms with van der Waals surface area (Å²) in [5.74, 6) is 0.660. The first-order valence-corrected chi connectivity index (χ1v) is 7.34. The molecule has 20 heavy (non-hydrogen) atoms. The van der Waals surface area contributed by atoms with Crippen molar-refractivity contribution in [1.82, 2.24) is 10.6 Å². The predicted molar refractivity (Wildman–Crippen MR) is 79.7 cm³/mol. The Morgan fingerprint density at radius 3 is 2.75 bits per heavy atom. The standard InChI is InChI=1S/C16H24N2O2/c1-11(2)18-16(19)12(3)20-15-6-4-5-13(9-15)10-17-14-7-8-14/h4-6,9,11-12,14,17H,7-8,10H2,1-3H3,(H,18,19). The zero-order valence-electron chi connectivity index (χ0n) is 12.5. The number of ether oxygens (including phenoxy) is 1. The fraction of sp³-hybridized carbons (Fsp3) is 0.562. The van der Waals surface area contributed by atoms with E-state index in [0.717, 1.165) is 12.3 Å². The lowest BCUT2D eigenvalue weighted by Crippen LogP contribution is -2.40. The minimum absolute atomic E-state index is 0.0819. The van der Waals surface area contributed by atoms with Gasteiger partial charge in [0.05, 0.1) is 0 Å². The first-order chi connectivity index (χ1) is 9.54. The van der Waals surface area contributed by atoms with Crippen LogP contribution in [-0.4, -0.2) is 24.1 Å². The van der Waals surface area contributed by atoms with Crippen LogP contribution in [0, 0.1) is 0 Å². The quantitative estimate of drug-likeness (QED) is 0.803. The van der Waals surface area contributed by atoms with Crippen molar-refractivity contribution < 1.29 is 9.53 Å². The summed E-state index contributed by atoms with van der Waals surface area (Å²) in [6.07, 6.45) is 2.08. The number of nitrogens with one attached hydrogen (secondary N) is 2. The van der Waals surface area contributed by atoms with Gasteiger partial charge in [-0.3, -0.25) is 4.79 Å². The van der Waals surface area contributed by atoms with Gasteiger partial charge in [-0.1, -0.05) is 12.1 Å². The first kappa shape index (κ1) is 14.9. The molecule has 1 aliphatic carbocycles.